The highest BCUT2D eigenvalue weighted by molar-refractivity contribution is 7.89. The molecule has 0 saturated carbocycles. The van der Waals surface area contributed by atoms with Gasteiger partial charge in [0, 0.05) is 38.3 Å². The molecule has 1 aliphatic rings. The third-order valence-electron chi connectivity index (χ3n) is 6.55. The summed E-state index contributed by atoms with van der Waals surface area (Å²) in [4.78, 5) is 17.1. The first-order valence-electron chi connectivity index (χ1n) is 12.6. The van der Waals surface area contributed by atoms with E-state index in [0.717, 1.165) is 33.6 Å². The molecular weight excluding hydrogens is 518 g/mol. The lowest BCUT2D eigenvalue weighted by atomic mass is 10.1. The number of nitrogens with zero attached hydrogens (tertiary/aromatic N) is 5. The van der Waals surface area contributed by atoms with Crippen molar-refractivity contribution in [2.24, 2.45) is 0 Å². The van der Waals surface area contributed by atoms with Crippen LogP contribution in [-0.2, 0) is 14.8 Å². The third-order valence-corrected chi connectivity index (χ3v) is 8.38. The first-order valence-corrected chi connectivity index (χ1v) is 14.1. The number of anilines is 1. The van der Waals surface area contributed by atoms with Crippen molar-refractivity contribution in [1.29, 1.82) is 0 Å². The van der Waals surface area contributed by atoms with Gasteiger partial charge in [0.15, 0.2) is 5.82 Å². The molecule has 4 rings (SSSR count). The van der Waals surface area contributed by atoms with E-state index in [1.807, 2.05) is 36.4 Å². The van der Waals surface area contributed by atoms with E-state index < -0.39 is 10.0 Å². The minimum Gasteiger partial charge on any atom is -0.497 e. The van der Waals surface area contributed by atoms with E-state index in [-0.39, 0.29) is 23.9 Å². The number of rotatable bonds is 10. The fourth-order valence-corrected chi connectivity index (χ4v) is 5.71. The number of carbonyl (C=O) groups is 1. The number of ether oxygens (including phenoxy) is 2. The lowest BCUT2D eigenvalue weighted by molar-refractivity contribution is -0.131. The Labute approximate surface area is 229 Å². The summed E-state index contributed by atoms with van der Waals surface area (Å²) in [7, 11) is -0.754. The molecule has 39 heavy (non-hydrogen) atoms. The van der Waals surface area contributed by atoms with Crippen molar-refractivity contribution in [2.75, 3.05) is 58.4 Å². The van der Waals surface area contributed by atoms with Crippen LogP contribution in [0, 0.1) is 0 Å². The third kappa shape index (κ3) is 6.73. The first kappa shape index (κ1) is 28.1. The van der Waals surface area contributed by atoms with Crippen molar-refractivity contribution >= 4 is 21.7 Å². The predicted molar refractivity (Wildman–Crippen MR) is 149 cm³/mol. The molecule has 0 spiro atoms. The van der Waals surface area contributed by atoms with Gasteiger partial charge in [0.25, 0.3) is 0 Å². The van der Waals surface area contributed by atoms with E-state index >= 15 is 0 Å². The average Bonchev–Trinajstić information content (AvgIpc) is 3.24. The lowest BCUT2D eigenvalue weighted by Crippen LogP contribution is -2.44. The Morgan fingerprint density at radius 3 is 2.18 bits per heavy atom. The van der Waals surface area contributed by atoms with E-state index in [1.54, 1.807) is 24.1 Å². The number of sulfonamides is 1. The van der Waals surface area contributed by atoms with Crippen LogP contribution in [0.3, 0.4) is 0 Å². The van der Waals surface area contributed by atoms with Crippen LogP contribution >= 0.6 is 0 Å². The molecule has 0 aliphatic carbocycles. The van der Waals surface area contributed by atoms with Crippen molar-refractivity contribution in [2.45, 2.75) is 11.3 Å². The first-order chi connectivity index (χ1) is 18.8. The number of methoxy groups -OCH3 is 2. The van der Waals surface area contributed by atoms with Crippen LogP contribution in [0.2, 0.25) is 0 Å². The average molecular weight is 552 g/mol. The van der Waals surface area contributed by atoms with Crippen LogP contribution in [0.1, 0.15) is 6.42 Å². The standard InChI is InChI=1S/C28H33N5O5S/c1-4-16-33(39(35,36)25-12-10-24(38-3)11-13-25)21-28(34)32-18-5-17-31(19-20-32)27-15-14-26(29-30-27)22-6-8-23(37-2)9-7-22/h4,6-15H,1,5,16-21H2,2-3H3. The molecule has 1 amide bonds. The van der Waals surface area contributed by atoms with Crippen LogP contribution < -0.4 is 14.4 Å². The second-order valence-corrected chi connectivity index (χ2v) is 10.9. The smallest absolute Gasteiger partial charge is 0.243 e. The molecule has 0 N–H and O–H groups in total. The number of hydrogen-bond acceptors (Lipinski definition) is 8. The zero-order chi connectivity index (χ0) is 27.8. The largest absolute Gasteiger partial charge is 0.497 e. The van der Waals surface area contributed by atoms with Crippen LogP contribution in [-0.4, -0.2) is 87.2 Å². The molecule has 0 unspecified atom stereocenters. The Morgan fingerprint density at radius 2 is 1.59 bits per heavy atom. The Bertz CT molecular complexity index is 1360. The fourth-order valence-electron chi connectivity index (χ4n) is 4.34. The van der Waals surface area contributed by atoms with E-state index in [9.17, 15) is 13.2 Å². The minimum atomic E-state index is -3.89. The predicted octanol–water partition coefficient (Wildman–Crippen LogP) is 3.08. The second kappa shape index (κ2) is 12.7. The molecule has 2 heterocycles. The van der Waals surface area contributed by atoms with Gasteiger partial charge in [-0.15, -0.1) is 16.8 Å². The summed E-state index contributed by atoms with van der Waals surface area (Å²) in [5, 5.41) is 8.80. The lowest BCUT2D eigenvalue weighted by Gasteiger charge is -2.26. The minimum absolute atomic E-state index is 0.0240. The molecule has 0 atom stereocenters. The topological polar surface area (TPSA) is 105 Å². The maximum absolute atomic E-state index is 13.2. The Balaban J connectivity index is 1.39. The summed E-state index contributed by atoms with van der Waals surface area (Å²) in [6.07, 6.45) is 2.20. The highest BCUT2D eigenvalue weighted by Gasteiger charge is 2.29. The molecule has 0 bridgehead atoms. The zero-order valence-electron chi connectivity index (χ0n) is 22.2. The van der Waals surface area contributed by atoms with Gasteiger partial charge in [0.1, 0.15) is 11.5 Å². The maximum Gasteiger partial charge on any atom is 0.243 e. The summed E-state index contributed by atoms with van der Waals surface area (Å²) >= 11 is 0. The second-order valence-electron chi connectivity index (χ2n) is 8.99. The summed E-state index contributed by atoms with van der Waals surface area (Å²) in [6.45, 7) is 5.68. The summed E-state index contributed by atoms with van der Waals surface area (Å²) in [5.41, 5.74) is 1.70. The van der Waals surface area contributed by atoms with Crippen molar-refractivity contribution in [3.05, 3.63) is 73.3 Å². The van der Waals surface area contributed by atoms with Gasteiger partial charge in [-0.25, -0.2) is 8.42 Å². The van der Waals surface area contributed by atoms with Gasteiger partial charge in [-0.05, 0) is 67.1 Å². The molecule has 1 saturated heterocycles. The fraction of sp³-hybridized carbons (Fsp3) is 0.321. The molecule has 1 aromatic heterocycles. The molecule has 10 nitrogen and oxygen atoms in total. The number of amides is 1. The van der Waals surface area contributed by atoms with E-state index in [0.29, 0.717) is 31.9 Å². The van der Waals surface area contributed by atoms with Gasteiger partial charge in [-0.2, -0.15) is 4.31 Å². The van der Waals surface area contributed by atoms with Gasteiger partial charge >= 0.3 is 0 Å². The highest BCUT2D eigenvalue weighted by Crippen LogP contribution is 2.23. The zero-order valence-corrected chi connectivity index (χ0v) is 23.0. The van der Waals surface area contributed by atoms with Crippen molar-refractivity contribution in [3.63, 3.8) is 0 Å². The van der Waals surface area contributed by atoms with Crippen LogP contribution in [0.25, 0.3) is 11.3 Å². The SMILES string of the molecule is C=CCN(CC(=O)N1CCCN(c2ccc(-c3ccc(OC)cc3)nn2)CC1)S(=O)(=O)c1ccc(OC)cc1. The Kier molecular flexibility index (Phi) is 9.15. The van der Waals surface area contributed by atoms with Gasteiger partial charge in [-0.3, -0.25) is 4.79 Å². The number of aromatic nitrogens is 2. The molecule has 3 aromatic rings. The summed E-state index contributed by atoms with van der Waals surface area (Å²) < 4.78 is 38.0. The van der Waals surface area contributed by atoms with Gasteiger partial charge in [0.05, 0.1) is 31.4 Å². The van der Waals surface area contributed by atoms with Crippen molar-refractivity contribution in [1.82, 2.24) is 19.4 Å². The van der Waals surface area contributed by atoms with Crippen molar-refractivity contribution in [3.8, 4) is 22.8 Å². The van der Waals surface area contributed by atoms with E-state index in [2.05, 4.69) is 21.7 Å². The van der Waals surface area contributed by atoms with Crippen molar-refractivity contribution < 1.29 is 22.7 Å². The number of carbonyl (C=O) groups excluding carboxylic acids is 1. The monoisotopic (exact) mass is 551 g/mol. The van der Waals surface area contributed by atoms with E-state index in [4.69, 9.17) is 9.47 Å². The quantitative estimate of drug-likeness (QED) is 0.354. The highest BCUT2D eigenvalue weighted by atomic mass is 32.2. The molecule has 0 radical (unpaired) electrons. The molecular formula is C28H33N5O5S. The van der Waals surface area contributed by atoms with Crippen LogP contribution in [0.4, 0.5) is 5.82 Å². The number of hydrogen-bond donors (Lipinski definition) is 0. The summed E-state index contributed by atoms with van der Waals surface area (Å²) in [6, 6.07) is 17.6. The molecule has 1 aliphatic heterocycles. The summed E-state index contributed by atoms with van der Waals surface area (Å²) in [5.74, 6) is 1.81. The van der Waals surface area contributed by atoms with Crippen LogP contribution in [0.15, 0.2) is 78.2 Å². The molecule has 11 heteroatoms. The Hall–Kier alpha value is -3.96. The van der Waals surface area contributed by atoms with Gasteiger partial charge in [-0.1, -0.05) is 6.08 Å². The van der Waals surface area contributed by atoms with Crippen LogP contribution in [0.5, 0.6) is 11.5 Å². The Morgan fingerprint density at radius 1 is 0.923 bits per heavy atom. The van der Waals surface area contributed by atoms with Gasteiger partial charge in [0.2, 0.25) is 15.9 Å². The molecule has 2 aromatic carbocycles. The number of benzene rings is 2. The maximum atomic E-state index is 13.2. The normalized spacial score (nSPS) is 14.1. The van der Waals surface area contributed by atoms with Gasteiger partial charge < -0.3 is 19.3 Å². The van der Waals surface area contributed by atoms with E-state index in [1.165, 1.54) is 25.3 Å². The molecule has 206 valence electrons. The molecule has 1 fully saturated rings.